The van der Waals surface area contributed by atoms with Crippen molar-refractivity contribution >= 4 is 50.2 Å². The number of benzene rings is 2. The van der Waals surface area contributed by atoms with Crippen molar-refractivity contribution < 1.29 is 13.9 Å². The summed E-state index contributed by atoms with van der Waals surface area (Å²) in [5.41, 5.74) is 3.01. The third kappa shape index (κ3) is 3.72. The lowest BCUT2D eigenvalue weighted by atomic mass is 10.2. The zero-order chi connectivity index (χ0) is 19.7. The molecule has 4 aromatic rings. The molecule has 6 nitrogen and oxygen atoms in total. The molecule has 4 rings (SSSR count). The summed E-state index contributed by atoms with van der Waals surface area (Å²) in [7, 11) is 1.52. The lowest BCUT2D eigenvalue weighted by Crippen LogP contribution is -2.11. The number of methoxy groups -OCH3 is 1. The Kier molecular flexibility index (Phi) is 5.02. The highest BCUT2D eigenvalue weighted by Crippen LogP contribution is 2.28. The van der Waals surface area contributed by atoms with E-state index in [0.717, 1.165) is 10.0 Å². The molecule has 2 heterocycles. The molecule has 0 aliphatic rings. The first-order valence-corrected chi connectivity index (χ1v) is 9.37. The van der Waals surface area contributed by atoms with Crippen LogP contribution < -0.4 is 10.1 Å². The van der Waals surface area contributed by atoms with Gasteiger partial charge in [0, 0.05) is 28.1 Å². The van der Waals surface area contributed by atoms with Crippen molar-refractivity contribution in [1.29, 1.82) is 0 Å². The number of hydrogen-bond donors (Lipinski definition) is 1. The maximum atomic E-state index is 12.5. The fraction of sp³-hybridized carbons (Fsp3) is 0.0500. The van der Waals surface area contributed by atoms with Gasteiger partial charge in [-0.2, -0.15) is 0 Å². The number of carbonyl (C=O) groups is 1. The van der Waals surface area contributed by atoms with E-state index in [1.807, 2.05) is 6.07 Å². The highest BCUT2D eigenvalue weighted by atomic mass is 79.9. The molecule has 1 amide bonds. The SMILES string of the molecule is COc1ccc(C(=O)Nc2ccc3oc(-c4cncc(Br)c4)nc3c2)cc1Cl. The van der Waals surface area contributed by atoms with Crippen molar-refractivity contribution in [1.82, 2.24) is 9.97 Å². The van der Waals surface area contributed by atoms with Gasteiger partial charge < -0.3 is 14.5 Å². The normalized spacial score (nSPS) is 10.8. The van der Waals surface area contributed by atoms with E-state index >= 15 is 0 Å². The van der Waals surface area contributed by atoms with Crippen molar-refractivity contribution in [3.05, 3.63) is 69.9 Å². The third-order valence-electron chi connectivity index (χ3n) is 4.01. The lowest BCUT2D eigenvalue weighted by Gasteiger charge is -2.07. The summed E-state index contributed by atoms with van der Waals surface area (Å²) < 4.78 is 11.7. The molecule has 0 bridgehead atoms. The predicted octanol–water partition coefficient (Wildman–Crippen LogP) is 5.57. The number of rotatable bonds is 4. The van der Waals surface area contributed by atoms with Gasteiger partial charge in [0.05, 0.1) is 17.7 Å². The number of pyridine rings is 1. The van der Waals surface area contributed by atoms with E-state index in [9.17, 15) is 4.79 Å². The number of fused-ring (bicyclic) bond motifs is 1. The van der Waals surface area contributed by atoms with E-state index < -0.39 is 0 Å². The number of anilines is 1. The van der Waals surface area contributed by atoms with E-state index in [1.54, 1.807) is 48.8 Å². The van der Waals surface area contributed by atoms with Gasteiger partial charge in [0.1, 0.15) is 11.3 Å². The maximum Gasteiger partial charge on any atom is 0.255 e. The Morgan fingerprint density at radius 1 is 1.18 bits per heavy atom. The Bertz CT molecular complexity index is 1190. The molecule has 0 aliphatic carbocycles. The maximum absolute atomic E-state index is 12.5. The molecule has 8 heteroatoms. The van der Waals surface area contributed by atoms with Gasteiger partial charge >= 0.3 is 0 Å². The van der Waals surface area contributed by atoms with Crippen LogP contribution in [0.4, 0.5) is 5.69 Å². The topological polar surface area (TPSA) is 77.2 Å². The quantitative estimate of drug-likeness (QED) is 0.433. The molecule has 2 aromatic heterocycles. The molecule has 0 saturated carbocycles. The number of hydrogen-bond acceptors (Lipinski definition) is 5. The van der Waals surface area contributed by atoms with Gasteiger partial charge in [0.25, 0.3) is 5.91 Å². The van der Waals surface area contributed by atoms with Crippen LogP contribution in [0.15, 0.2) is 63.7 Å². The zero-order valence-electron chi connectivity index (χ0n) is 14.6. The first-order valence-electron chi connectivity index (χ1n) is 8.20. The highest BCUT2D eigenvalue weighted by molar-refractivity contribution is 9.10. The van der Waals surface area contributed by atoms with Crippen molar-refractivity contribution in [2.24, 2.45) is 0 Å². The number of oxazole rings is 1. The first kappa shape index (κ1) is 18.5. The second kappa shape index (κ2) is 7.61. The van der Waals surface area contributed by atoms with Gasteiger partial charge in [-0.05, 0) is 58.4 Å². The van der Waals surface area contributed by atoms with Crippen LogP contribution in [-0.4, -0.2) is 23.0 Å². The summed E-state index contributed by atoms with van der Waals surface area (Å²) in [5, 5.41) is 3.20. The third-order valence-corrected chi connectivity index (χ3v) is 4.74. The van der Waals surface area contributed by atoms with Crippen molar-refractivity contribution in [3.63, 3.8) is 0 Å². The van der Waals surface area contributed by atoms with Crippen molar-refractivity contribution in [2.75, 3.05) is 12.4 Å². The smallest absolute Gasteiger partial charge is 0.255 e. The van der Waals surface area contributed by atoms with Gasteiger partial charge in [-0.3, -0.25) is 9.78 Å². The predicted molar refractivity (Wildman–Crippen MR) is 111 cm³/mol. The number of ether oxygens (including phenoxy) is 1. The average Bonchev–Trinajstić information content (AvgIpc) is 3.11. The summed E-state index contributed by atoms with van der Waals surface area (Å²) >= 11 is 9.47. The number of amides is 1. The van der Waals surface area contributed by atoms with Crippen LogP contribution in [0.3, 0.4) is 0 Å². The summed E-state index contributed by atoms with van der Waals surface area (Å²) in [6.45, 7) is 0. The fourth-order valence-corrected chi connectivity index (χ4v) is 3.29. The van der Waals surface area contributed by atoms with Gasteiger partial charge in [0.2, 0.25) is 5.89 Å². The van der Waals surface area contributed by atoms with Crippen LogP contribution in [0.2, 0.25) is 5.02 Å². The molecule has 0 radical (unpaired) electrons. The molecule has 0 aliphatic heterocycles. The lowest BCUT2D eigenvalue weighted by molar-refractivity contribution is 0.102. The largest absolute Gasteiger partial charge is 0.495 e. The van der Waals surface area contributed by atoms with E-state index in [4.69, 9.17) is 20.8 Å². The van der Waals surface area contributed by atoms with Crippen LogP contribution in [0.1, 0.15) is 10.4 Å². The summed E-state index contributed by atoms with van der Waals surface area (Å²) in [4.78, 5) is 21.1. The summed E-state index contributed by atoms with van der Waals surface area (Å²) in [6, 6.07) is 12.0. The fourth-order valence-electron chi connectivity index (χ4n) is 2.67. The summed E-state index contributed by atoms with van der Waals surface area (Å²) in [5.74, 6) is 0.676. The van der Waals surface area contributed by atoms with Gasteiger partial charge in [0.15, 0.2) is 5.58 Å². The van der Waals surface area contributed by atoms with Crippen LogP contribution in [-0.2, 0) is 0 Å². The van der Waals surface area contributed by atoms with Crippen LogP contribution in [0.25, 0.3) is 22.6 Å². The Labute approximate surface area is 173 Å². The van der Waals surface area contributed by atoms with Gasteiger partial charge in [-0.15, -0.1) is 0 Å². The van der Waals surface area contributed by atoms with E-state index in [2.05, 4.69) is 31.2 Å². The minimum atomic E-state index is -0.288. The minimum Gasteiger partial charge on any atom is -0.495 e. The number of carbonyl (C=O) groups excluding carboxylic acids is 1. The molecular formula is C20H13BrClN3O3. The molecular weight excluding hydrogens is 446 g/mol. The van der Waals surface area contributed by atoms with Gasteiger partial charge in [-0.1, -0.05) is 11.6 Å². The van der Waals surface area contributed by atoms with E-state index in [-0.39, 0.29) is 5.91 Å². The second-order valence-electron chi connectivity index (χ2n) is 5.90. The van der Waals surface area contributed by atoms with E-state index in [0.29, 0.717) is 39.0 Å². The number of aromatic nitrogens is 2. The van der Waals surface area contributed by atoms with E-state index in [1.165, 1.54) is 7.11 Å². The highest BCUT2D eigenvalue weighted by Gasteiger charge is 2.13. The Balaban J connectivity index is 1.59. The molecule has 0 unspecified atom stereocenters. The second-order valence-corrected chi connectivity index (χ2v) is 7.22. The van der Waals surface area contributed by atoms with Crippen LogP contribution in [0.5, 0.6) is 5.75 Å². The van der Waals surface area contributed by atoms with Crippen molar-refractivity contribution in [2.45, 2.75) is 0 Å². The molecule has 2 aromatic carbocycles. The molecule has 0 atom stereocenters. The zero-order valence-corrected chi connectivity index (χ0v) is 16.9. The standard InChI is InChI=1S/C20H13BrClN3O3/c1-27-17-4-2-11(7-15(17)22)19(26)24-14-3-5-18-16(8-14)25-20(28-18)12-6-13(21)10-23-9-12/h2-10H,1H3,(H,24,26). The minimum absolute atomic E-state index is 0.288. The Hall–Kier alpha value is -2.90. The number of halogens is 2. The van der Waals surface area contributed by atoms with Crippen LogP contribution >= 0.6 is 27.5 Å². The molecule has 0 spiro atoms. The molecule has 0 saturated heterocycles. The number of nitrogens with one attached hydrogen (secondary N) is 1. The molecule has 140 valence electrons. The molecule has 1 N–H and O–H groups in total. The van der Waals surface area contributed by atoms with Gasteiger partial charge in [-0.25, -0.2) is 4.98 Å². The van der Waals surface area contributed by atoms with Crippen LogP contribution in [0, 0.1) is 0 Å². The molecule has 0 fully saturated rings. The van der Waals surface area contributed by atoms with Crippen molar-refractivity contribution in [3.8, 4) is 17.2 Å². The Morgan fingerprint density at radius 2 is 2.04 bits per heavy atom. The first-order chi connectivity index (χ1) is 13.5. The molecule has 28 heavy (non-hydrogen) atoms. The average molecular weight is 459 g/mol. The monoisotopic (exact) mass is 457 g/mol. The number of nitrogens with zero attached hydrogens (tertiary/aromatic N) is 2. The summed E-state index contributed by atoms with van der Waals surface area (Å²) in [6.07, 6.45) is 3.36. The Morgan fingerprint density at radius 3 is 2.79 bits per heavy atom.